The SMILES string of the molecule is O=C=C(I)C1CCCC1. The van der Waals surface area contributed by atoms with Gasteiger partial charge in [-0.1, -0.05) is 12.8 Å². The van der Waals surface area contributed by atoms with Gasteiger partial charge in [0, 0.05) is 5.92 Å². The zero-order chi connectivity index (χ0) is 6.69. The molecule has 1 aliphatic rings. The van der Waals surface area contributed by atoms with E-state index in [0.717, 1.165) is 3.58 Å². The zero-order valence-corrected chi connectivity index (χ0v) is 7.35. The van der Waals surface area contributed by atoms with Gasteiger partial charge < -0.3 is 0 Å². The van der Waals surface area contributed by atoms with E-state index < -0.39 is 0 Å². The van der Waals surface area contributed by atoms with Gasteiger partial charge in [-0.05, 0) is 35.4 Å². The van der Waals surface area contributed by atoms with Crippen LogP contribution in [-0.4, -0.2) is 5.94 Å². The van der Waals surface area contributed by atoms with Crippen molar-refractivity contribution in [2.45, 2.75) is 25.7 Å². The molecule has 0 aromatic carbocycles. The van der Waals surface area contributed by atoms with Crippen LogP contribution in [0.4, 0.5) is 0 Å². The highest BCUT2D eigenvalue weighted by molar-refractivity contribution is 14.1. The lowest BCUT2D eigenvalue weighted by Crippen LogP contribution is -1.91. The van der Waals surface area contributed by atoms with Gasteiger partial charge in [-0.2, -0.15) is 0 Å². The maximum Gasteiger partial charge on any atom is 0.134 e. The molecule has 1 saturated carbocycles. The molecule has 0 atom stereocenters. The summed E-state index contributed by atoms with van der Waals surface area (Å²) in [6.45, 7) is 0. The van der Waals surface area contributed by atoms with E-state index in [1.165, 1.54) is 25.7 Å². The molecule has 2 heteroatoms. The second-order valence-corrected chi connectivity index (χ2v) is 3.59. The Bertz CT molecular complexity index is 141. The Labute approximate surface area is 68.7 Å². The molecule has 0 bridgehead atoms. The van der Waals surface area contributed by atoms with Crippen LogP contribution in [-0.2, 0) is 4.79 Å². The maximum absolute atomic E-state index is 10.1. The first-order valence-electron chi connectivity index (χ1n) is 3.25. The highest BCUT2D eigenvalue weighted by Gasteiger charge is 2.17. The lowest BCUT2D eigenvalue weighted by molar-refractivity contribution is 0.563. The van der Waals surface area contributed by atoms with Crippen molar-refractivity contribution in [3.05, 3.63) is 3.58 Å². The predicted molar refractivity (Wildman–Crippen MR) is 45.2 cm³/mol. The molecule has 50 valence electrons. The lowest BCUT2D eigenvalue weighted by atomic mass is 10.1. The van der Waals surface area contributed by atoms with Crippen LogP contribution in [0.1, 0.15) is 25.7 Å². The van der Waals surface area contributed by atoms with Crippen LogP contribution in [0, 0.1) is 5.92 Å². The van der Waals surface area contributed by atoms with Crippen LogP contribution in [0.25, 0.3) is 0 Å². The molecular formula is C7H9IO. The Morgan fingerprint density at radius 3 is 2.44 bits per heavy atom. The molecule has 0 aliphatic heterocycles. The molecule has 1 nitrogen and oxygen atoms in total. The number of carbonyl (C=O) groups excluding carboxylic acids is 1. The number of hydrogen-bond donors (Lipinski definition) is 0. The van der Waals surface area contributed by atoms with Crippen LogP contribution < -0.4 is 0 Å². The van der Waals surface area contributed by atoms with Gasteiger partial charge in [-0.3, -0.25) is 0 Å². The number of halogens is 1. The second-order valence-electron chi connectivity index (χ2n) is 2.43. The summed E-state index contributed by atoms with van der Waals surface area (Å²) in [5.41, 5.74) is 0. The molecule has 1 rings (SSSR count). The van der Waals surface area contributed by atoms with Gasteiger partial charge in [0.25, 0.3) is 0 Å². The minimum absolute atomic E-state index is 0.558. The summed E-state index contributed by atoms with van der Waals surface area (Å²) in [5, 5.41) is 0. The highest BCUT2D eigenvalue weighted by Crippen LogP contribution is 2.32. The number of hydrogen-bond acceptors (Lipinski definition) is 1. The van der Waals surface area contributed by atoms with E-state index in [1.54, 1.807) is 0 Å². The third kappa shape index (κ3) is 1.80. The fourth-order valence-electron chi connectivity index (χ4n) is 1.26. The predicted octanol–water partition coefficient (Wildman–Crippen LogP) is 2.33. The summed E-state index contributed by atoms with van der Waals surface area (Å²) in [6.07, 6.45) is 4.98. The van der Waals surface area contributed by atoms with Gasteiger partial charge in [0.2, 0.25) is 0 Å². The van der Waals surface area contributed by atoms with Crippen LogP contribution in [0.15, 0.2) is 3.58 Å². The van der Waals surface area contributed by atoms with Crippen LogP contribution in [0.2, 0.25) is 0 Å². The van der Waals surface area contributed by atoms with Crippen molar-refractivity contribution in [2.75, 3.05) is 0 Å². The second kappa shape index (κ2) is 3.37. The summed E-state index contributed by atoms with van der Waals surface area (Å²) in [7, 11) is 0. The molecular weight excluding hydrogens is 227 g/mol. The van der Waals surface area contributed by atoms with Gasteiger partial charge in [0.05, 0.1) is 3.58 Å². The molecule has 0 amide bonds. The Morgan fingerprint density at radius 2 is 2.00 bits per heavy atom. The van der Waals surface area contributed by atoms with Crippen molar-refractivity contribution in [1.29, 1.82) is 0 Å². The van der Waals surface area contributed by atoms with E-state index in [4.69, 9.17) is 0 Å². The topological polar surface area (TPSA) is 17.1 Å². The zero-order valence-electron chi connectivity index (χ0n) is 5.19. The summed E-state index contributed by atoms with van der Waals surface area (Å²) >= 11 is 2.10. The normalized spacial score (nSPS) is 19.7. The summed E-state index contributed by atoms with van der Waals surface area (Å²) < 4.78 is 0.894. The molecule has 9 heavy (non-hydrogen) atoms. The van der Waals surface area contributed by atoms with Crippen LogP contribution in [0.5, 0.6) is 0 Å². The summed E-state index contributed by atoms with van der Waals surface area (Å²) in [5.74, 6) is 2.52. The Kier molecular flexibility index (Phi) is 2.73. The molecule has 0 aromatic rings. The fraction of sp³-hybridized carbons (Fsp3) is 0.714. The maximum atomic E-state index is 10.1. The minimum Gasteiger partial charge on any atom is -0.233 e. The number of allylic oxidation sites excluding steroid dienone is 1. The third-order valence-corrected chi connectivity index (χ3v) is 2.91. The molecule has 1 aliphatic carbocycles. The van der Waals surface area contributed by atoms with Crippen molar-refractivity contribution in [3.8, 4) is 0 Å². The molecule has 0 heterocycles. The van der Waals surface area contributed by atoms with Gasteiger partial charge in [0.1, 0.15) is 5.94 Å². The van der Waals surface area contributed by atoms with Gasteiger partial charge in [0.15, 0.2) is 0 Å². The molecule has 0 radical (unpaired) electrons. The first-order valence-corrected chi connectivity index (χ1v) is 4.33. The van der Waals surface area contributed by atoms with E-state index in [9.17, 15) is 4.79 Å². The van der Waals surface area contributed by atoms with Crippen molar-refractivity contribution < 1.29 is 4.79 Å². The standard InChI is InChI=1S/C7H9IO/c8-7(5-9)6-3-1-2-4-6/h6H,1-4H2. The summed E-state index contributed by atoms with van der Waals surface area (Å²) in [6, 6.07) is 0. The molecule has 0 N–H and O–H groups in total. The molecule has 0 unspecified atom stereocenters. The van der Waals surface area contributed by atoms with E-state index in [0.29, 0.717) is 5.92 Å². The van der Waals surface area contributed by atoms with E-state index in [1.807, 2.05) is 5.94 Å². The van der Waals surface area contributed by atoms with E-state index in [2.05, 4.69) is 22.6 Å². The monoisotopic (exact) mass is 236 g/mol. The van der Waals surface area contributed by atoms with Crippen molar-refractivity contribution in [1.82, 2.24) is 0 Å². The smallest absolute Gasteiger partial charge is 0.134 e. The highest BCUT2D eigenvalue weighted by atomic mass is 127. The first-order chi connectivity index (χ1) is 4.34. The van der Waals surface area contributed by atoms with Crippen molar-refractivity contribution in [2.24, 2.45) is 5.92 Å². The van der Waals surface area contributed by atoms with Gasteiger partial charge in [-0.25, -0.2) is 4.79 Å². The van der Waals surface area contributed by atoms with Gasteiger partial charge >= 0.3 is 0 Å². The van der Waals surface area contributed by atoms with E-state index >= 15 is 0 Å². The Hall–Kier alpha value is 0.180. The minimum atomic E-state index is 0.558. The molecule has 0 aromatic heterocycles. The third-order valence-electron chi connectivity index (χ3n) is 1.81. The van der Waals surface area contributed by atoms with Crippen molar-refractivity contribution >= 4 is 28.5 Å². The fourth-order valence-corrected chi connectivity index (χ4v) is 1.89. The largest absolute Gasteiger partial charge is 0.233 e. The van der Waals surface area contributed by atoms with Gasteiger partial charge in [-0.15, -0.1) is 0 Å². The van der Waals surface area contributed by atoms with Crippen molar-refractivity contribution in [3.63, 3.8) is 0 Å². The molecule has 0 spiro atoms. The van der Waals surface area contributed by atoms with E-state index in [-0.39, 0.29) is 0 Å². The first kappa shape index (κ1) is 7.29. The average Bonchev–Trinajstić information content (AvgIpc) is 2.37. The van der Waals surface area contributed by atoms with Crippen LogP contribution in [0.3, 0.4) is 0 Å². The molecule has 1 fully saturated rings. The lowest BCUT2D eigenvalue weighted by Gasteiger charge is -2.00. The average molecular weight is 236 g/mol. The number of rotatable bonds is 1. The Morgan fingerprint density at radius 1 is 1.44 bits per heavy atom. The Balaban J connectivity index is 2.51. The van der Waals surface area contributed by atoms with Crippen LogP contribution >= 0.6 is 22.6 Å². The summed E-state index contributed by atoms with van der Waals surface area (Å²) in [4.78, 5) is 10.1. The molecule has 0 saturated heterocycles. The quantitative estimate of drug-likeness (QED) is 0.504.